The highest BCUT2D eigenvalue weighted by Crippen LogP contribution is 2.35. The molecule has 0 unspecified atom stereocenters. The molecule has 0 aliphatic carbocycles. The Balaban J connectivity index is 2.11. The van der Waals surface area contributed by atoms with Gasteiger partial charge in [0.1, 0.15) is 0 Å². The number of benzene rings is 1. The molecule has 3 rings (SSSR count). The predicted octanol–water partition coefficient (Wildman–Crippen LogP) is 5.20. The second-order valence-electron chi connectivity index (χ2n) is 9.77. The van der Waals surface area contributed by atoms with Crippen molar-refractivity contribution in [2.24, 2.45) is 12.5 Å². The molecule has 10 heteroatoms. The third-order valence-electron chi connectivity index (χ3n) is 5.92. The van der Waals surface area contributed by atoms with Crippen LogP contribution in [-0.2, 0) is 19.1 Å². The zero-order chi connectivity index (χ0) is 24.9. The van der Waals surface area contributed by atoms with Gasteiger partial charge >= 0.3 is 11.9 Å². The topological polar surface area (TPSA) is 83.0 Å². The van der Waals surface area contributed by atoms with Crippen LogP contribution < -0.4 is 5.69 Å². The lowest BCUT2D eigenvalue weighted by Crippen LogP contribution is -2.32. The first kappa shape index (κ1) is 24.5. The highest BCUT2D eigenvalue weighted by Gasteiger charge is 2.37. The van der Waals surface area contributed by atoms with Crippen LogP contribution in [0.25, 0.3) is 22.4 Å². The quantitative estimate of drug-likeness (QED) is 0.371. The summed E-state index contributed by atoms with van der Waals surface area (Å²) in [5.41, 5.74) is 0.381. The Morgan fingerprint density at radius 1 is 1.09 bits per heavy atom. The molecule has 7 nitrogen and oxygen atoms in total. The van der Waals surface area contributed by atoms with E-state index >= 15 is 0 Å². The van der Waals surface area contributed by atoms with Gasteiger partial charge in [-0.1, -0.05) is 26.0 Å². The fraction of sp³-hybridized carbons (Fsp3) is 0.478. The van der Waals surface area contributed by atoms with E-state index in [2.05, 4.69) is 4.98 Å². The summed E-state index contributed by atoms with van der Waals surface area (Å²) in [6.45, 7) is 7.72. The lowest BCUT2D eigenvalue weighted by Gasteiger charge is -2.26. The van der Waals surface area contributed by atoms with Crippen molar-refractivity contribution in [3.63, 3.8) is 0 Å². The maximum atomic E-state index is 13.0. The fourth-order valence-corrected chi connectivity index (χ4v) is 3.99. The van der Waals surface area contributed by atoms with Crippen molar-refractivity contribution in [1.82, 2.24) is 14.1 Å². The van der Waals surface area contributed by atoms with E-state index in [-0.39, 0.29) is 11.5 Å². The summed E-state index contributed by atoms with van der Waals surface area (Å²) in [5.74, 6) is 0. The van der Waals surface area contributed by atoms with Crippen molar-refractivity contribution >= 4 is 11.2 Å². The van der Waals surface area contributed by atoms with Crippen molar-refractivity contribution in [2.75, 3.05) is 0 Å². The third-order valence-corrected chi connectivity index (χ3v) is 5.92. The second kappa shape index (κ2) is 8.00. The Bertz CT molecular complexity index is 1290. The molecule has 2 heterocycles. The van der Waals surface area contributed by atoms with Gasteiger partial charge in [-0.15, -0.1) is 0 Å². The van der Waals surface area contributed by atoms with Crippen LogP contribution in [0.3, 0.4) is 0 Å². The van der Waals surface area contributed by atoms with E-state index in [1.54, 1.807) is 30.3 Å². The first-order valence-corrected chi connectivity index (χ1v) is 10.4. The molecule has 0 bridgehead atoms. The Labute approximate surface area is 189 Å². The molecule has 0 aliphatic heterocycles. The van der Waals surface area contributed by atoms with Gasteiger partial charge < -0.3 is 0 Å². The molecule has 3 aromatic rings. The Kier molecular flexibility index (Phi) is 5.93. The Morgan fingerprint density at radius 3 is 2.30 bits per heavy atom. The molecule has 0 N–H and O–H groups in total. The smallest absolute Gasteiger partial charge is 0.290 e. The van der Waals surface area contributed by atoms with E-state index in [4.69, 9.17) is 0 Å². The van der Waals surface area contributed by atoms with Crippen molar-refractivity contribution in [1.29, 1.82) is 0 Å². The molecule has 2 aromatic heterocycles. The molecule has 0 atom stereocenters. The fourth-order valence-electron chi connectivity index (χ4n) is 3.99. The molecular formula is C23H27F3N4O3. The van der Waals surface area contributed by atoms with Gasteiger partial charge in [-0.3, -0.25) is 19.2 Å². The van der Waals surface area contributed by atoms with Gasteiger partial charge in [0.25, 0.3) is 0 Å². The van der Waals surface area contributed by atoms with Crippen LogP contribution in [0.5, 0.6) is 0 Å². The van der Waals surface area contributed by atoms with Crippen molar-refractivity contribution < 1.29 is 18.1 Å². The van der Waals surface area contributed by atoms with Gasteiger partial charge in [0.05, 0.1) is 17.6 Å². The van der Waals surface area contributed by atoms with Crippen molar-refractivity contribution in [3.8, 4) is 11.3 Å². The van der Waals surface area contributed by atoms with Crippen molar-refractivity contribution in [3.05, 3.63) is 62.1 Å². The molecule has 0 saturated heterocycles. The van der Waals surface area contributed by atoms with Crippen LogP contribution in [-0.4, -0.2) is 25.2 Å². The highest BCUT2D eigenvalue weighted by atomic mass is 19.4. The van der Waals surface area contributed by atoms with Crippen LogP contribution in [0.4, 0.5) is 13.2 Å². The zero-order valence-electron chi connectivity index (χ0n) is 19.4. The van der Waals surface area contributed by atoms with Crippen LogP contribution in [0.15, 0.2) is 35.1 Å². The van der Waals surface area contributed by atoms with Gasteiger partial charge in [0.15, 0.2) is 5.65 Å². The van der Waals surface area contributed by atoms with Crippen LogP contribution >= 0.6 is 0 Å². The Hall–Kier alpha value is -3.17. The largest absolute Gasteiger partial charge is 0.389 e. The summed E-state index contributed by atoms with van der Waals surface area (Å²) >= 11 is 0. The zero-order valence-corrected chi connectivity index (χ0v) is 19.4. The SMILES string of the molecule is Cc1ccc(C(C)(C)[N+](=O)[O-])cc1-c1ccc2c(n1)n(C)c(=O)n2CC(C)(C)CC(F)(F)F. The van der Waals surface area contributed by atoms with E-state index in [1.165, 1.54) is 43.9 Å². The second-order valence-corrected chi connectivity index (χ2v) is 9.77. The molecule has 33 heavy (non-hydrogen) atoms. The molecule has 0 saturated carbocycles. The number of hydrogen-bond acceptors (Lipinski definition) is 4. The Morgan fingerprint density at radius 2 is 1.73 bits per heavy atom. The van der Waals surface area contributed by atoms with Gasteiger partial charge in [-0.05, 0) is 36.1 Å². The molecule has 178 valence electrons. The first-order chi connectivity index (χ1) is 15.0. The van der Waals surface area contributed by atoms with Crippen LogP contribution in [0.2, 0.25) is 0 Å². The van der Waals surface area contributed by atoms with Gasteiger partial charge in [-0.2, -0.15) is 13.2 Å². The third kappa shape index (κ3) is 4.79. The monoisotopic (exact) mass is 464 g/mol. The maximum Gasteiger partial charge on any atom is 0.389 e. The summed E-state index contributed by atoms with van der Waals surface area (Å²) in [4.78, 5) is 28.6. The minimum atomic E-state index is -4.34. The number of nitrogens with zero attached hydrogens (tertiary/aromatic N) is 4. The number of rotatable bonds is 6. The van der Waals surface area contributed by atoms with Gasteiger partial charge in [-0.25, -0.2) is 9.78 Å². The van der Waals surface area contributed by atoms with E-state index < -0.39 is 29.2 Å². The lowest BCUT2D eigenvalue weighted by atomic mass is 9.89. The molecule has 1 aromatic carbocycles. The number of imidazole rings is 1. The molecular weight excluding hydrogens is 437 g/mol. The number of alkyl halides is 3. The van der Waals surface area contributed by atoms with E-state index in [0.717, 1.165) is 5.56 Å². The minimum Gasteiger partial charge on any atom is -0.290 e. The summed E-state index contributed by atoms with van der Waals surface area (Å²) in [6.07, 6.45) is -5.37. The number of hydrogen-bond donors (Lipinski definition) is 0. The molecule has 0 spiro atoms. The summed E-state index contributed by atoms with van der Waals surface area (Å²) < 4.78 is 41.5. The normalized spacial score (nSPS) is 13.0. The van der Waals surface area contributed by atoms with Crippen LogP contribution in [0, 0.1) is 22.5 Å². The maximum absolute atomic E-state index is 13.0. The number of aromatic nitrogens is 3. The van der Waals surface area contributed by atoms with E-state index in [9.17, 15) is 28.1 Å². The molecule has 0 radical (unpaired) electrons. The molecule has 0 fully saturated rings. The molecule has 0 amide bonds. The van der Waals surface area contributed by atoms with Gasteiger partial charge in [0, 0.05) is 43.5 Å². The number of halogens is 3. The summed E-state index contributed by atoms with van der Waals surface area (Å²) in [6, 6.07) is 8.54. The first-order valence-electron chi connectivity index (χ1n) is 10.4. The highest BCUT2D eigenvalue weighted by molar-refractivity contribution is 5.77. The van der Waals surface area contributed by atoms with Crippen LogP contribution in [0.1, 0.15) is 45.2 Å². The number of fused-ring (bicyclic) bond motifs is 1. The number of aryl methyl sites for hydroxylation is 2. The number of pyridine rings is 1. The number of nitro groups is 1. The lowest BCUT2D eigenvalue weighted by molar-refractivity contribution is -0.569. The van der Waals surface area contributed by atoms with Gasteiger partial charge in [0.2, 0.25) is 5.54 Å². The van der Waals surface area contributed by atoms with E-state index in [1.807, 2.05) is 6.92 Å². The average Bonchev–Trinajstić information content (AvgIpc) is 2.90. The van der Waals surface area contributed by atoms with E-state index in [0.29, 0.717) is 28.0 Å². The molecule has 0 aliphatic rings. The standard InChI is InChI=1S/C23H27F3N4O3/c1-14-7-8-15(22(4,5)30(32)33)11-16(14)17-9-10-18-19(27-17)28(6)20(31)29(18)13-21(2,3)12-23(24,25)26/h7-11H,12-13H2,1-6H3. The average molecular weight is 464 g/mol. The predicted molar refractivity (Wildman–Crippen MR) is 120 cm³/mol. The summed E-state index contributed by atoms with van der Waals surface area (Å²) in [7, 11) is 1.52. The summed E-state index contributed by atoms with van der Waals surface area (Å²) in [5, 5.41) is 11.5. The van der Waals surface area contributed by atoms with Crippen molar-refractivity contribution in [2.45, 2.75) is 59.3 Å². The minimum absolute atomic E-state index is 0.116.